The fourth-order valence-electron chi connectivity index (χ4n) is 1.53. The van der Waals surface area contributed by atoms with E-state index in [1.807, 2.05) is 0 Å². The molecule has 0 unspecified atom stereocenters. The van der Waals surface area contributed by atoms with Crippen LogP contribution in [0.15, 0.2) is 11.6 Å². The van der Waals surface area contributed by atoms with Crippen LogP contribution in [0.2, 0.25) is 0 Å². The molecule has 0 atom stereocenters. The van der Waals surface area contributed by atoms with Crippen LogP contribution in [-0.2, 0) is 9.53 Å². The molecule has 0 aliphatic carbocycles. The van der Waals surface area contributed by atoms with Crippen molar-refractivity contribution in [1.82, 2.24) is 4.90 Å². The summed E-state index contributed by atoms with van der Waals surface area (Å²) in [6.45, 7) is 0.709. The summed E-state index contributed by atoms with van der Waals surface area (Å²) in [4.78, 5) is 22.2. The molecule has 7 heteroatoms. The highest BCUT2D eigenvalue weighted by Gasteiger charge is 2.42. The van der Waals surface area contributed by atoms with Gasteiger partial charge >= 0.3 is 12.1 Å². The monoisotopic (exact) mass is 249 g/mol. The lowest BCUT2D eigenvalue weighted by molar-refractivity contribution is -0.137. The lowest BCUT2D eigenvalue weighted by Gasteiger charge is -2.32. The van der Waals surface area contributed by atoms with Crippen molar-refractivity contribution in [3.63, 3.8) is 0 Å². The fourth-order valence-corrected chi connectivity index (χ4v) is 1.53. The van der Waals surface area contributed by atoms with Crippen LogP contribution >= 0.6 is 0 Å². The van der Waals surface area contributed by atoms with Gasteiger partial charge in [0.1, 0.15) is 0 Å². The zero-order valence-electron chi connectivity index (χ0n) is 9.28. The number of nitrogens with zero attached hydrogens (tertiary/aromatic N) is 1. The van der Waals surface area contributed by atoms with E-state index in [2.05, 4.69) is 4.74 Å². The largest absolute Gasteiger partial charge is 0.465 e. The van der Waals surface area contributed by atoms with Gasteiger partial charge in [-0.1, -0.05) is 0 Å². The molecule has 1 N–H and O–H groups in total. The molecular formula is C10H13F2NO4. The van der Waals surface area contributed by atoms with E-state index in [-0.39, 0.29) is 25.1 Å². The molecule has 1 amide bonds. The number of carbonyl (C=O) groups is 2. The van der Waals surface area contributed by atoms with Crippen LogP contribution in [0.1, 0.15) is 13.3 Å². The van der Waals surface area contributed by atoms with Crippen molar-refractivity contribution in [1.29, 1.82) is 0 Å². The minimum atomic E-state index is -3.32. The molecule has 5 nitrogen and oxygen atoms in total. The number of amides is 1. The van der Waals surface area contributed by atoms with Crippen LogP contribution < -0.4 is 0 Å². The minimum absolute atomic E-state index is 0.0455. The molecule has 0 aromatic rings. The zero-order chi connectivity index (χ0) is 13.1. The first-order chi connectivity index (χ1) is 7.86. The van der Waals surface area contributed by atoms with E-state index in [0.29, 0.717) is 4.90 Å². The van der Waals surface area contributed by atoms with E-state index in [0.717, 1.165) is 6.08 Å². The molecule has 96 valence electrons. The summed E-state index contributed by atoms with van der Waals surface area (Å²) in [6.07, 6.45) is -0.805. The third-order valence-corrected chi connectivity index (χ3v) is 2.36. The molecule has 1 heterocycles. The van der Waals surface area contributed by atoms with E-state index in [9.17, 15) is 18.4 Å². The van der Waals surface area contributed by atoms with Crippen molar-refractivity contribution < 1.29 is 28.2 Å². The smallest absolute Gasteiger partial charge is 0.407 e. The second-order valence-electron chi connectivity index (χ2n) is 3.58. The summed E-state index contributed by atoms with van der Waals surface area (Å²) in [7, 11) is 0. The Morgan fingerprint density at radius 3 is 2.71 bits per heavy atom. The van der Waals surface area contributed by atoms with Crippen molar-refractivity contribution in [2.24, 2.45) is 0 Å². The molecule has 1 rings (SSSR count). The molecule has 0 bridgehead atoms. The van der Waals surface area contributed by atoms with Gasteiger partial charge in [-0.15, -0.1) is 0 Å². The number of hydrogen-bond acceptors (Lipinski definition) is 3. The molecular weight excluding hydrogens is 236 g/mol. The Balaban J connectivity index is 2.77. The first-order valence-corrected chi connectivity index (χ1v) is 5.10. The van der Waals surface area contributed by atoms with Gasteiger partial charge in [-0.25, -0.2) is 9.59 Å². The molecule has 1 aliphatic rings. The fraction of sp³-hybridized carbons (Fsp3) is 0.600. The Labute approximate surface area is 96.7 Å². The number of rotatable bonds is 2. The molecule has 0 radical (unpaired) electrons. The number of hydrogen-bond donors (Lipinski definition) is 1. The highest BCUT2D eigenvalue weighted by molar-refractivity contribution is 5.83. The molecule has 0 spiro atoms. The number of halogens is 2. The Morgan fingerprint density at radius 1 is 1.59 bits per heavy atom. The summed E-state index contributed by atoms with van der Waals surface area (Å²) in [5.41, 5.74) is -0.381. The van der Waals surface area contributed by atoms with Crippen LogP contribution in [0.3, 0.4) is 0 Å². The van der Waals surface area contributed by atoms with E-state index in [1.165, 1.54) is 0 Å². The van der Waals surface area contributed by atoms with Gasteiger partial charge in [0.2, 0.25) is 0 Å². The maximum Gasteiger partial charge on any atom is 0.407 e. The predicted octanol–water partition coefficient (Wildman–Crippen LogP) is 1.49. The normalized spacial score (nSPS) is 21.4. The van der Waals surface area contributed by atoms with Crippen LogP contribution in [0.5, 0.6) is 0 Å². The van der Waals surface area contributed by atoms with E-state index in [4.69, 9.17) is 5.11 Å². The first-order valence-electron chi connectivity index (χ1n) is 5.10. The number of ether oxygens (including phenoxy) is 1. The van der Waals surface area contributed by atoms with Crippen molar-refractivity contribution in [2.75, 3.05) is 19.7 Å². The van der Waals surface area contributed by atoms with E-state index in [1.54, 1.807) is 6.92 Å². The van der Waals surface area contributed by atoms with Gasteiger partial charge in [-0.05, 0) is 13.3 Å². The van der Waals surface area contributed by atoms with Crippen molar-refractivity contribution >= 4 is 12.1 Å². The highest BCUT2D eigenvalue weighted by Crippen LogP contribution is 2.32. The average Bonchev–Trinajstić information content (AvgIpc) is 2.20. The van der Waals surface area contributed by atoms with Crippen molar-refractivity contribution in [3.8, 4) is 0 Å². The van der Waals surface area contributed by atoms with Crippen LogP contribution in [-0.4, -0.2) is 47.7 Å². The molecule has 1 saturated heterocycles. The van der Waals surface area contributed by atoms with Gasteiger partial charge < -0.3 is 14.7 Å². The predicted molar refractivity (Wildman–Crippen MR) is 53.9 cm³/mol. The van der Waals surface area contributed by atoms with Crippen LogP contribution in [0, 0.1) is 0 Å². The molecule has 0 aromatic heterocycles. The Morgan fingerprint density at radius 2 is 2.24 bits per heavy atom. The first kappa shape index (κ1) is 13.4. The maximum atomic E-state index is 13.5. The third-order valence-electron chi connectivity index (χ3n) is 2.36. The number of likely N-dealkylation sites (tertiary alicyclic amines) is 1. The zero-order valence-corrected chi connectivity index (χ0v) is 9.28. The number of carbonyl (C=O) groups excluding carboxylic acids is 1. The quantitative estimate of drug-likeness (QED) is 0.594. The van der Waals surface area contributed by atoms with Gasteiger partial charge in [-0.2, -0.15) is 8.78 Å². The number of carboxylic acid groups (broad SMARTS) is 1. The molecule has 1 aliphatic heterocycles. The Kier molecular flexibility index (Phi) is 4.03. The van der Waals surface area contributed by atoms with Gasteiger partial charge in [0.15, 0.2) is 0 Å². The minimum Gasteiger partial charge on any atom is -0.465 e. The van der Waals surface area contributed by atoms with Gasteiger partial charge in [0, 0.05) is 18.2 Å². The SMILES string of the molecule is CCOC(=O)/C=C1/CCN(C(=O)O)CC1(F)F. The van der Waals surface area contributed by atoms with E-state index >= 15 is 0 Å². The number of alkyl halides is 2. The lowest BCUT2D eigenvalue weighted by atomic mass is 10.00. The summed E-state index contributed by atoms with van der Waals surface area (Å²) in [5.74, 6) is -4.14. The van der Waals surface area contributed by atoms with Crippen LogP contribution in [0.4, 0.5) is 13.6 Å². The standard InChI is InChI=1S/C10H13F2NO4/c1-2-17-8(14)5-7-3-4-13(9(15)16)6-10(7,11)12/h5H,2-4,6H2,1H3,(H,15,16)/b7-5-. The van der Waals surface area contributed by atoms with Crippen molar-refractivity contribution in [2.45, 2.75) is 19.3 Å². The third kappa shape index (κ3) is 3.40. The Bertz CT molecular complexity index is 354. The molecule has 0 aromatic carbocycles. The summed E-state index contributed by atoms with van der Waals surface area (Å²) < 4.78 is 31.5. The van der Waals surface area contributed by atoms with Gasteiger partial charge in [0.25, 0.3) is 5.92 Å². The average molecular weight is 249 g/mol. The Hall–Kier alpha value is -1.66. The molecule has 17 heavy (non-hydrogen) atoms. The number of piperidine rings is 1. The second kappa shape index (κ2) is 5.11. The molecule has 0 saturated carbocycles. The highest BCUT2D eigenvalue weighted by atomic mass is 19.3. The van der Waals surface area contributed by atoms with Gasteiger partial charge in [0.05, 0.1) is 13.2 Å². The summed E-state index contributed by atoms with van der Waals surface area (Å²) >= 11 is 0. The summed E-state index contributed by atoms with van der Waals surface area (Å²) in [6, 6.07) is 0. The lowest BCUT2D eigenvalue weighted by Crippen LogP contribution is -2.46. The maximum absolute atomic E-state index is 13.5. The van der Waals surface area contributed by atoms with E-state index < -0.39 is 24.5 Å². The molecule has 1 fully saturated rings. The topological polar surface area (TPSA) is 66.8 Å². The second-order valence-corrected chi connectivity index (χ2v) is 3.58. The van der Waals surface area contributed by atoms with Gasteiger partial charge in [-0.3, -0.25) is 0 Å². The van der Waals surface area contributed by atoms with Crippen molar-refractivity contribution in [3.05, 3.63) is 11.6 Å². The van der Waals surface area contributed by atoms with Crippen LogP contribution in [0.25, 0.3) is 0 Å². The summed E-state index contributed by atoms with van der Waals surface area (Å²) in [5, 5.41) is 8.60. The number of esters is 1.